The van der Waals surface area contributed by atoms with Crippen molar-refractivity contribution in [2.24, 2.45) is 13.0 Å². The summed E-state index contributed by atoms with van der Waals surface area (Å²) in [5, 5.41) is 14.9. The number of aromatic nitrogens is 3. The molecule has 4 rings (SSSR count). The third kappa shape index (κ3) is 3.00. The molecule has 0 aromatic carbocycles. The first-order valence-electron chi connectivity index (χ1n) is 9.06. The molecule has 6 heteroatoms. The van der Waals surface area contributed by atoms with Crippen LogP contribution in [0.2, 0.25) is 0 Å². The van der Waals surface area contributed by atoms with Gasteiger partial charge in [0.1, 0.15) is 23.4 Å². The molecule has 130 valence electrons. The van der Waals surface area contributed by atoms with Crippen LogP contribution in [0.15, 0.2) is 16.9 Å². The number of likely N-dealkylation sites (tertiary alicyclic amines) is 1. The molecule has 1 atom stereocenters. The highest BCUT2D eigenvalue weighted by molar-refractivity contribution is 5.25. The number of nitrogens with zero attached hydrogens (tertiary/aromatic N) is 4. The van der Waals surface area contributed by atoms with Crippen molar-refractivity contribution in [2.45, 2.75) is 51.2 Å². The fraction of sp³-hybridized carbons (Fsp3) is 0.667. The van der Waals surface area contributed by atoms with E-state index in [-0.39, 0.29) is 5.92 Å². The van der Waals surface area contributed by atoms with Gasteiger partial charge in [-0.15, -0.1) is 0 Å². The van der Waals surface area contributed by atoms with Crippen LogP contribution in [0.3, 0.4) is 0 Å². The SMILES string of the molecule is Cn1ccnc1C(O)C1CCN(Cc2noc3c2CCCC3)CC1. The van der Waals surface area contributed by atoms with Crippen molar-refractivity contribution in [1.82, 2.24) is 19.6 Å². The Bertz CT molecular complexity index is 685. The first-order valence-corrected chi connectivity index (χ1v) is 9.06. The molecule has 0 spiro atoms. The lowest BCUT2D eigenvalue weighted by Gasteiger charge is -2.33. The van der Waals surface area contributed by atoms with Gasteiger partial charge in [0.2, 0.25) is 0 Å². The van der Waals surface area contributed by atoms with Crippen molar-refractivity contribution in [3.05, 3.63) is 35.2 Å². The van der Waals surface area contributed by atoms with E-state index in [4.69, 9.17) is 4.52 Å². The summed E-state index contributed by atoms with van der Waals surface area (Å²) in [7, 11) is 1.94. The maximum absolute atomic E-state index is 10.6. The summed E-state index contributed by atoms with van der Waals surface area (Å²) in [5.74, 6) is 2.17. The molecule has 1 aliphatic carbocycles. The zero-order valence-corrected chi connectivity index (χ0v) is 14.3. The van der Waals surface area contributed by atoms with Crippen LogP contribution < -0.4 is 0 Å². The van der Waals surface area contributed by atoms with E-state index in [9.17, 15) is 5.11 Å². The van der Waals surface area contributed by atoms with E-state index >= 15 is 0 Å². The Morgan fingerprint density at radius 1 is 1.29 bits per heavy atom. The summed E-state index contributed by atoms with van der Waals surface area (Å²) >= 11 is 0. The lowest BCUT2D eigenvalue weighted by molar-refractivity contribution is 0.0486. The number of hydrogen-bond donors (Lipinski definition) is 1. The minimum absolute atomic E-state index is 0.286. The highest BCUT2D eigenvalue weighted by Gasteiger charge is 2.29. The summed E-state index contributed by atoms with van der Waals surface area (Å²) in [5.41, 5.74) is 2.49. The zero-order valence-electron chi connectivity index (χ0n) is 14.3. The Balaban J connectivity index is 1.35. The molecule has 0 amide bonds. The van der Waals surface area contributed by atoms with Crippen molar-refractivity contribution >= 4 is 0 Å². The van der Waals surface area contributed by atoms with E-state index in [1.807, 2.05) is 17.8 Å². The number of piperidine rings is 1. The molecule has 0 saturated carbocycles. The average Bonchev–Trinajstić information content (AvgIpc) is 3.22. The number of fused-ring (bicyclic) bond motifs is 1. The maximum Gasteiger partial charge on any atom is 0.140 e. The molecule has 2 aliphatic rings. The van der Waals surface area contributed by atoms with Crippen LogP contribution in [0.1, 0.15) is 54.6 Å². The Hall–Kier alpha value is -1.66. The Kier molecular flexibility index (Phi) is 4.41. The topological polar surface area (TPSA) is 67.3 Å². The zero-order chi connectivity index (χ0) is 16.5. The van der Waals surface area contributed by atoms with Crippen LogP contribution in [0.4, 0.5) is 0 Å². The Morgan fingerprint density at radius 3 is 2.83 bits per heavy atom. The normalized spacial score (nSPS) is 20.9. The first kappa shape index (κ1) is 15.8. The molecule has 0 bridgehead atoms. The summed E-state index contributed by atoms with van der Waals surface area (Å²) in [4.78, 5) is 6.73. The van der Waals surface area contributed by atoms with E-state index in [1.54, 1.807) is 6.20 Å². The molecule has 0 radical (unpaired) electrons. The quantitative estimate of drug-likeness (QED) is 0.931. The van der Waals surface area contributed by atoms with Crippen molar-refractivity contribution in [3.8, 4) is 0 Å². The fourth-order valence-corrected chi connectivity index (χ4v) is 4.08. The molecule has 1 aliphatic heterocycles. The molecule has 1 unspecified atom stereocenters. The predicted octanol–water partition coefficient (Wildman–Crippen LogP) is 2.23. The third-order valence-electron chi connectivity index (χ3n) is 5.61. The molecular formula is C18H26N4O2. The van der Waals surface area contributed by atoms with Crippen molar-refractivity contribution in [1.29, 1.82) is 0 Å². The standard InChI is InChI=1S/C18H26N4O2/c1-21-11-8-19-18(21)17(23)13-6-9-22(10-7-13)12-15-14-4-2-3-5-16(14)24-20-15/h8,11,13,17,23H,2-7,9-10,12H2,1H3. The van der Waals surface area contributed by atoms with Crippen LogP contribution >= 0.6 is 0 Å². The van der Waals surface area contributed by atoms with Crippen molar-refractivity contribution < 1.29 is 9.63 Å². The predicted molar refractivity (Wildman–Crippen MR) is 89.3 cm³/mol. The summed E-state index contributed by atoms with van der Waals surface area (Å²) in [6, 6.07) is 0. The minimum Gasteiger partial charge on any atom is -0.385 e. The third-order valence-corrected chi connectivity index (χ3v) is 5.61. The van der Waals surface area contributed by atoms with Gasteiger partial charge >= 0.3 is 0 Å². The lowest BCUT2D eigenvalue weighted by atomic mass is 9.90. The second-order valence-electron chi connectivity index (χ2n) is 7.19. The summed E-state index contributed by atoms with van der Waals surface area (Å²) in [6.07, 6.45) is 9.79. The highest BCUT2D eigenvalue weighted by atomic mass is 16.5. The van der Waals surface area contributed by atoms with Crippen LogP contribution in [0.5, 0.6) is 0 Å². The molecule has 6 nitrogen and oxygen atoms in total. The van der Waals surface area contributed by atoms with E-state index in [1.165, 1.54) is 18.4 Å². The van der Waals surface area contributed by atoms with Gasteiger partial charge in [0.05, 0.1) is 0 Å². The van der Waals surface area contributed by atoms with E-state index in [2.05, 4.69) is 15.0 Å². The molecule has 2 aromatic heterocycles. The van der Waals surface area contributed by atoms with Crippen LogP contribution in [-0.4, -0.2) is 37.8 Å². The second-order valence-corrected chi connectivity index (χ2v) is 7.19. The number of aliphatic hydroxyl groups excluding tert-OH is 1. The molecule has 1 saturated heterocycles. The van der Waals surface area contributed by atoms with Gasteiger partial charge in [-0.05, 0) is 51.1 Å². The Labute approximate surface area is 142 Å². The summed E-state index contributed by atoms with van der Waals surface area (Å²) in [6.45, 7) is 2.87. The Morgan fingerprint density at radius 2 is 2.08 bits per heavy atom. The van der Waals surface area contributed by atoms with Gasteiger partial charge in [0, 0.05) is 38.0 Å². The average molecular weight is 330 g/mol. The number of hydrogen-bond acceptors (Lipinski definition) is 5. The van der Waals surface area contributed by atoms with Gasteiger partial charge in [-0.2, -0.15) is 0 Å². The number of aryl methyl sites for hydroxylation is 2. The van der Waals surface area contributed by atoms with Crippen LogP contribution in [0.25, 0.3) is 0 Å². The molecule has 24 heavy (non-hydrogen) atoms. The van der Waals surface area contributed by atoms with Gasteiger partial charge in [0.25, 0.3) is 0 Å². The van der Waals surface area contributed by atoms with Gasteiger partial charge in [-0.1, -0.05) is 5.16 Å². The maximum atomic E-state index is 10.6. The van der Waals surface area contributed by atoms with E-state index in [0.717, 1.165) is 62.6 Å². The molecule has 3 heterocycles. The van der Waals surface area contributed by atoms with Crippen LogP contribution in [0, 0.1) is 5.92 Å². The van der Waals surface area contributed by atoms with Gasteiger partial charge in [-0.25, -0.2) is 4.98 Å². The number of aliphatic hydroxyl groups is 1. The van der Waals surface area contributed by atoms with Gasteiger partial charge in [-0.3, -0.25) is 4.90 Å². The molecule has 1 N–H and O–H groups in total. The molecule has 1 fully saturated rings. The summed E-state index contributed by atoms with van der Waals surface area (Å²) < 4.78 is 7.44. The molecular weight excluding hydrogens is 304 g/mol. The lowest BCUT2D eigenvalue weighted by Crippen LogP contribution is -2.36. The number of rotatable bonds is 4. The molecule has 2 aromatic rings. The monoisotopic (exact) mass is 330 g/mol. The van der Waals surface area contributed by atoms with E-state index < -0.39 is 6.10 Å². The van der Waals surface area contributed by atoms with Crippen LogP contribution in [-0.2, 0) is 26.4 Å². The van der Waals surface area contributed by atoms with Gasteiger partial charge < -0.3 is 14.2 Å². The first-order chi connectivity index (χ1) is 11.7. The minimum atomic E-state index is -0.466. The fourth-order valence-electron chi connectivity index (χ4n) is 4.08. The van der Waals surface area contributed by atoms with Crippen molar-refractivity contribution in [2.75, 3.05) is 13.1 Å². The smallest absolute Gasteiger partial charge is 0.140 e. The number of imidazole rings is 1. The van der Waals surface area contributed by atoms with E-state index in [0.29, 0.717) is 0 Å². The second kappa shape index (κ2) is 6.69. The van der Waals surface area contributed by atoms with Crippen molar-refractivity contribution in [3.63, 3.8) is 0 Å². The largest absolute Gasteiger partial charge is 0.385 e. The van der Waals surface area contributed by atoms with Gasteiger partial charge in [0.15, 0.2) is 0 Å². The highest BCUT2D eigenvalue weighted by Crippen LogP contribution is 2.31.